The second kappa shape index (κ2) is 7.77. The van der Waals surface area contributed by atoms with Crippen molar-refractivity contribution in [3.63, 3.8) is 0 Å². The maximum atomic E-state index is 5.90. The van der Waals surface area contributed by atoms with Gasteiger partial charge in [-0.1, -0.05) is 18.2 Å². The molecule has 0 unspecified atom stereocenters. The van der Waals surface area contributed by atoms with Crippen LogP contribution < -0.4 is 5.32 Å². The maximum absolute atomic E-state index is 5.90. The highest BCUT2D eigenvalue weighted by molar-refractivity contribution is 7.99. The van der Waals surface area contributed by atoms with E-state index in [4.69, 9.17) is 4.42 Å². The van der Waals surface area contributed by atoms with Gasteiger partial charge in [-0.3, -0.25) is 4.99 Å². The molecule has 23 heavy (non-hydrogen) atoms. The number of hydrogen-bond donors (Lipinski definition) is 1. The highest BCUT2D eigenvalue weighted by Crippen LogP contribution is 2.22. The van der Waals surface area contributed by atoms with Crippen LogP contribution in [0.2, 0.25) is 0 Å². The highest BCUT2D eigenvalue weighted by atomic mass is 32.2. The van der Waals surface area contributed by atoms with E-state index in [9.17, 15) is 0 Å². The van der Waals surface area contributed by atoms with E-state index < -0.39 is 0 Å². The minimum absolute atomic E-state index is 0.717. The highest BCUT2D eigenvalue weighted by Gasteiger charge is 2.16. The number of guanidine groups is 1. The monoisotopic (exact) mass is 331 g/mol. The third-order valence-electron chi connectivity index (χ3n) is 4.33. The first-order valence-corrected chi connectivity index (χ1v) is 9.38. The molecule has 1 aromatic heterocycles. The van der Waals surface area contributed by atoms with Gasteiger partial charge in [0.1, 0.15) is 11.3 Å². The summed E-state index contributed by atoms with van der Waals surface area (Å²) in [5.74, 6) is 5.25. The van der Waals surface area contributed by atoms with Crippen LogP contribution in [-0.2, 0) is 6.54 Å². The lowest BCUT2D eigenvalue weighted by Gasteiger charge is -2.25. The summed E-state index contributed by atoms with van der Waals surface area (Å²) in [5, 5.41) is 4.67. The Balaban J connectivity index is 1.57. The number of benzene rings is 1. The lowest BCUT2D eigenvalue weighted by molar-refractivity contribution is 0.402. The molecule has 1 fully saturated rings. The smallest absolute Gasteiger partial charge is 0.193 e. The number of thioether (sulfide) groups is 1. The average molecular weight is 331 g/mol. The number of para-hydroxylation sites is 1. The van der Waals surface area contributed by atoms with Crippen molar-refractivity contribution in [3.8, 4) is 0 Å². The van der Waals surface area contributed by atoms with Crippen molar-refractivity contribution in [3.05, 3.63) is 36.1 Å². The van der Waals surface area contributed by atoms with Crippen molar-refractivity contribution in [1.29, 1.82) is 0 Å². The fraction of sp³-hybridized carbons (Fsp3) is 0.500. The Labute approximate surface area is 142 Å². The van der Waals surface area contributed by atoms with E-state index in [0.29, 0.717) is 0 Å². The van der Waals surface area contributed by atoms with Gasteiger partial charge in [0.15, 0.2) is 5.96 Å². The molecule has 2 aromatic rings. The summed E-state index contributed by atoms with van der Waals surface area (Å²) >= 11 is 2.07. The fourth-order valence-corrected chi connectivity index (χ4v) is 4.20. The molecule has 0 bridgehead atoms. The van der Waals surface area contributed by atoms with Crippen LogP contribution in [0.25, 0.3) is 11.0 Å². The quantitative estimate of drug-likeness (QED) is 0.687. The number of hydrogen-bond acceptors (Lipinski definition) is 3. The zero-order chi connectivity index (χ0) is 16.1. The van der Waals surface area contributed by atoms with Crippen LogP contribution in [0.4, 0.5) is 0 Å². The van der Waals surface area contributed by atoms with Crippen molar-refractivity contribution in [2.75, 3.05) is 32.1 Å². The number of aliphatic imine (C=N–C) groups is 1. The number of fused-ring (bicyclic) bond motifs is 1. The number of nitrogens with zero attached hydrogens (tertiary/aromatic N) is 2. The minimum Gasteiger partial charge on any atom is -0.459 e. The van der Waals surface area contributed by atoms with E-state index in [-0.39, 0.29) is 0 Å². The Hall–Kier alpha value is -1.62. The van der Waals surface area contributed by atoms with Crippen LogP contribution in [0.3, 0.4) is 0 Å². The third-order valence-corrected chi connectivity index (χ3v) is 5.38. The largest absolute Gasteiger partial charge is 0.459 e. The van der Waals surface area contributed by atoms with E-state index in [0.717, 1.165) is 41.7 Å². The van der Waals surface area contributed by atoms with Crippen molar-refractivity contribution in [2.45, 2.75) is 19.4 Å². The number of nitrogens with one attached hydrogen (secondary N) is 1. The lowest BCUT2D eigenvalue weighted by atomic mass is 10.0. The lowest BCUT2D eigenvalue weighted by Crippen LogP contribution is -2.41. The standard InChI is InChI=1S/C18H25N3OS/c1-19-18(20-12-14-7-9-23-10-8-14)21(2)13-16-11-15-5-3-4-6-17(15)22-16/h3-6,11,14H,7-10,12-13H2,1-2H3,(H,19,20). The first kappa shape index (κ1) is 16.2. The molecule has 2 heterocycles. The summed E-state index contributed by atoms with van der Waals surface area (Å²) in [6.45, 7) is 1.73. The van der Waals surface area contributed by atoms with Crippen LogP contribution >= 0.6 is 11.8 Å². The normalized spacial score (nSPS) is 16.7. The summed E-state index contributed by atoms with van der Waals surface area (Å²) in [6, 6.07) is 10.2. The Morgan fingerprint density at radius 1 is 1.35 bits per heavy atom. The zero-order valence-electron chi connectivity index (χ0n) is 13.9. The Morgan fingerprint density at radius 2 is 2.13 bits per heavy atom. The Kier molecular flexibility index (Phi) is 5.49. The topological polar surface area (TPSA) is 40.8 Å². The first-order valence-electron chi connectivity index (χ1n) is 8.23. The van der Waals surface area contributed by atoms with Crippen molar-refractivity contribution < 1.29 is 4.42 Å². The summed E-state index contributed by atoms with van der Waals surface area (Å²) in [7, 11) is 3.90. The van der Waals surface area contributed by atoms with Crippen LogP contribution in [0.5, 0.6) is 0 Å². The number of furan rings is 1. The minimum atomic E-state index is 0.717. The average Bonchev–Trinajstić information content (AvgIpc) is 2.98. The van der Waals surface area contributed by atoms with E-state index >= 15 is 0 Å². The molecule has 1 N–H and O–H groups in total. The summed E-state index contributed by atoms with van der Waals surface area (Å²) in [4.78, 5) is 6.53. The van der Waals surface area contributed by atoms with Crippen LogP contribution in [0, 0.1) is 5.92 Å². The molecule has 124 valence electrons. The van der Waals surface area contributed by atoms with Gasteiger partial charge in [-0.2, -0.15) is 11.8 Å². The molecule has 0 saturated carbocycles. The van der Waals surface area contributed by atoms with Crippen LogP contribution in [-0.4, -0.2) is 43.0 Å². The van der Waals surface area contributed by atoms with Gasteiger partial charge in [0, 0.05) is 26.0 Å². The molecule has 1 saturated heterocycles. The molecule has 5 heteroatoms. The summed E-state index contributed by atoms with van der Waals surface area (Å²) < 4.78 is 5.90. The molecule has 3 rings (SSSR count). The van der Waals surface area contributed by atoms with Gasteiger partial charge in [0.05, 0.1) is 6.54 Å². The molecule has 0 spiro atoms. The van der Waals surface area contributed by atoms with Gasteiger partial charge in [0.2, 0.25) is 0 Å². The van der Waals surface area contributed by atoms with E-state index in [1.54, 1.807) is 0 Å². The zero-order valence-corrected chi connectivity index (χ0v) is 14.7. The predicted octanol–water partition coefficient (Wildman–Crippen LogP) is 3.58. The Bertz CT molecular complexity index is 628. The molecular formula is C18H25N3OS. The van der Waals surface area contributed by atoms with Gasteiger partial charge < -0.3 is 14.6 Å². The molecule has 0 amide bonds. The molecule has 0 atom stereocenters. The van der Waals surface area contributed by atoms with Crippen molar-refractivity contribution in [2.24, 2.45) is 10.9 Å². The number of rotatable bonds is 4. The van der Waals surface area contributed by atoms with E-state index in [1.807, 2.05) is 25.2 Å². The summed E-state index contributed by atoms with van der Waals surface area (Å²) in [5.41, 5.74) is 0.943. The SMILES string of the molecule is CN=C(NCC1CCSCC1)N(C)Cc1cc2ccccc2o1. The van der Waals surface area contributed by atoms with Gasteiger partial charge >= 0.3 is 0 Å². The molecule has 4 nitrogen and oxygen atoms in total. The fourth-order valence-electron chi connectivity index (χ4n) is 2.99. The van der Waals surface area contributed by atoms with Gasteiger partial charge in [-0.15, -0.1) is 0 Å². The second-order valence-corrected chi connectivity index (χ2v) is 7.32. The van der Waals surface area contributed by atoms with E-state index in [1.165, 1.54) is 24.3 Å². The van der Waals surface area contributed by atoms with Crippen LogP contribution in [0.15, 0.2) is 39.7 Å². The van der Waals surface area contributed by atoms with Crippen LogP contribution in [0.1, 0.15) is 18.6 Å². The van der Waals surface area contributed by atoms with Crippen molar-refractivity contribution >= 4 is 28.7 Å². The Morgan fingerprint density at radius 3 is 2.87 bits per heavy atom. The van der Waals surface area contributed by atoms with Crippen molar-refractivity contribution in [1.82, 2.24) is 10.2 Å². The van der Waals surface area contributed by atoms with Gasteiger partial charge in [0.25, 0.3) is 0 Å². The third kappa shape index (κ3) is 4.22. The molecule has 1 aliphatic heterocycles. The molecule has 0 aliphatic carbocycles. The predicted molar refractivity (Wildman–Crippen MR) is 99.1 cm³/mol. The molecular weight excluding hydrogens is 306 g/mol. The van der Waals surface area contributed by atoms with Gasteiger partial charge in [-0.05, 0) is 42.4 Å². The molecule has 0 radical (unpaired) electrons. The maximum Gasteiger partial charge on any atom is 0.193 e. The second-order valence-electron chi connectivity index (χ2n) is 6.09. The van der Waals surface area contributed by atoms with Gasteiger partial charge in [-0.25, -0.2) is 0 Å². The van der Waals surface area contributed by atoms with E-state index in [2.05, 4.69) is 46.2 Å². The molecule has 1 aromatic carbocycles. The summed E-state index contributed by atoms with van der Waals surface area (Å²) in [6.07, 6.45) is 2.61. The molecule has 1 aliphatic rings. The first-order chi connectivity index (χ1) is 11.3.